The number of rotatable bonds is 0. The predicted octanol–water partition coefficient (Wildman–Crippen LogP) is 3.35. The minimum atomic E-state index is 0.131. The lowest BCUT2D eigenvalue weighted by Gasteiger charge is -2.28. The van der Waals surface area contributed by atoms with Crippen molar-refractivity contribution in [2.45, 2.75) is 26.9 Å². The molecule has 0 fully saturated rings. The first-order valence-corrected chi connectivity index (χ1v) is 7.84. The molecule has 3 aliphatic heterocycles. The first kappa shape index (κ1) is 12.3. The summed E-state index contributed by atoms with van der Waals surface area (Å²) in [4.78, 5) is 0. The van der Waals surface area contributed by atoms with Gasteiger partial charge < -0.3 is 9.30 Å². The molecule has 2 unspecified atom stereocenters. The van der Waals surface area contributed by atoms with Crippen molar-refractivity contribution >= 4 is 22.3 Å². The number of aromatic nitrogens is 1. The van der Waals surface area contributed by atoms with Gasteiger partial charge in [0, 0.05) is 17.7 Å². The maximum Gasteiger partial charge on any atom is 0.204 e. The van der Waals surface area contributed by atoms with E-state index < -0.39 is 0 Å². The maximum atomic E-state index is 5.94. The van der Waals surface area contributed by atoms with Crippen molar-refractivity contribution in [3.8, 4) is 0 Å². The van der Waals surface area contributed by atoms with E-state index in [2.05, 4.69) is 61.5 Å². The minimum absolute atomic E-state index is 0.131. The Labute approximate surface area is 129 Å². The van der Waals surface area contributed by atoms with Crippen molar-refractivity contribution in [2.75, 3.05) is 7.05 Å². The Morgan fingerprint density at radius 2 is 2.00 bits per heavy atom. The largest absolute Gasteiger partial charge is 0.491 e. The van der Waals surface area contributed by atoms with E-state index in [0.717, 1.165) is 0 Å². The summed E-state index contributed by atoms with van der Waals surface area (Å²) in [6.07, 6.45) is 8.66. The molecule has 0 saturated heterocycles. The first-order chi connectivity index (χ1) is 10.6. The Hall–Kier alpha value is -2.29. The molecule has 2 aromatic rings. The second-order valence-corrected chi connectivity index (χ2v) is 6.73. The van der Waals surface area contributed by atoms with Crippen LogP contribution in [0.15, 0.2) is 30.8 Å². The van der Waals surface area contributed by atoms with Crippen LogP contribution in [0.3, 0.4) is 0 Å². The SMILES string of the molecule is Cc1cc2c(C)cn3c2c(c1C)C1=[N+](C)C=CC2OC=C3C12. The molecule has 0 N–H and O–H groups in total. The summed E-state index contributed by atoms with van der Waals surface area (Å²) in [5.41, 5.74) is 9.46. The van der Waals surface area contributed by atoms with E-state index in [9.17, 15) is 0 Å². The molecular formula is C19H19N2O+. The molecule has 4 heterocycles. The zero-order valence-corrected chi connectivity index (χ0v) is 13.3. The molecule has 110 valence electrons. The maximum absolute atomic E-state index is 5.94. The number of hydrogen-bond donors (Lipinski definition) is 0. The van der Waals surface area contributed by atoms with E-state index in [-0.39, 0.29) is 6.10 Å². The van der Waals surface area contributed by atoms with Gasteiger partial charge in [-0.3, -0.25) is 0 Å². The molecule has 3 aliphatic rings. The van der Waals surface area contributed by atoms with Gasteiger partial charge in [-0.15, -0.1) is 0 Å². The van der Waals surface area contributed by atoms with Gasteiger partial charge in [0.2, 0.25) is 5.71 Å². The Kier molecular flexibility index (Phi) is 2.08. The van der Waals surface area contributed by atoms with E-state index in [1.54, 1.807) is 0 Å². The summed E-state index contributed by atoms with van der Waals surface area (Å²) in [5, 5.41) is 1.36. The standard InChI is InChI=1S/C19H19N2O/c1-10-7-13-11(2)8-21-14-9-22-15-5-6-20(4)19(17(14)15)16(12(10)3)18(13)21/h5-9,15,17H,1-4H3/q+1. The van der Waals surface area contributed by atoms with Gasteiger partial charge >= 0.3 is 0 Å². The highest BCUT2D eigenvalue weighted by Gasteiger charge is 2.47. The number of aryl methyl sites for hydroxylation is 2. The molecule has 0 spiro atoms. The first-order valence-electron chi connectivity index (χ1n) is 7.84. The van der Waals surface area contributed by atoms with Crippen molar-refractivity contribution < 1.29 is 9.31 Å². The number of benzene rings is 1. The van der Waals surface area contributed by atoms with Gasteiger partial charge in [0.15, 0.2) is 6.20 Å². The summed E-state index contributed by atoms with van der Waals surface area (Å²) in [6, 6.07) is 2.33. The van der Waals surface area contributed by atoms with Crippen molar-refractivity contribution in [3.63, 3.8) is 0 Å². The van der Waals surface area contributed by atoms with E-state index >= 15 is 0 Å². The molecule has 0 bridgehead atoms. The minimum Gasteiger partial charge on any atom is -0.491 e. The molecule has 22 heavy (non-hydrogen) atoms. The molecule has 1 aromatic carbocycles. The fraction of sp³-hybridized carbons (Fsp3) is 0.316. The van der Waals surface area contributed by atoms with Crippen LogP contribution >= 0.6 is 0 Å². The van der Waals surface area contributed by atoms with Gasteiger partial charge in [0.05, 0.1) is 16.8 Å². The lowest BCUT2D eigenvalue weighted by molar-refractivity contribution is -0.427. The van der Waals surface area contributed by atoms with Crippen molar-refractivity contribution in [1.29, 1.82) is 0 Å². The van der Waals surface area contributed by atoms with Crippen LogP contribution in [-0.4, -0.2) is 28.0 Å². The molecule has 0 saturated carbocycles. The van der Waals surface area contributed by atoms with E-state index in [1.165, 1.54) is 44.6 Å². The molecule has 1 aromatic heterocycles. The Bertz CT molecular complexity index is 956. The average molecular weight is 291 g/mol. The third-order valence-corrected chi connectivity index (χ3v) is 5.51. The molecule has 0 radical (unpaired) electrons. The molecule has 0 amide bonds. The number of ether oxygens (including phenoxy) is 1. The molecular weight excluding hydrogens is 272 g/mol. The lowest BCUT2D eigenvalue weighted by Crippen LogP contribution is -2.38. The van der Waals surface area contributed by atoms with Crippen molar-refractivity contribution in [3.05, 3.63) is 53.1 Å². The average Bonchev–Trinajstić information content (AvgIpc) is 3.05. The molecule has 3 nitrogen and oxygen atoms in total. The summed E-state index contributed by atoms with van der Waals surface area (Å²) >= 11 is 0. The highest BCUT2D eigenvalue weighted by molar-refractivity contribution is 6.18. The van der Waals surface area contributed by atoms with Crippen LogP contribution in [0.25, 0.3) is 16.6 Å². The monoisotopic (exact) mass is 291 g/mol. The Morgan fingerprint density at radius 3 is 2.82 bits per heavy atom. The van der Waals surface area contributed by atoms with Crippen LogP contribution in [0, 0.1) is 26.7 Å². The van der Waals surface area contributed by atoms with Gasteiger partial charge in [0.25, 0.3) is 0 Å². The Morgan fingerprint density at radius 1 is 1.18 bits per heavy atom. The topological polar surface area (TPSA) is 17.2 Å². The molecule has 3 heteroatoms. The van der Waals surface area contributed by atoms with Gasteiger partial charge in [0.1, 0.15) is 25.3 Å². The number of fused-ring (bicyclic) bond motifs is 2. The van der Waals surface area contributed by atoms with Gasteiger partial charge in [-0.25, -0.2) is 4.58 Å². The number of hydrogen-bond acceptors (Lipinski definition) is 1. The fourth-order valence-electron chi connectivity index (χ4n) is 4.27. The summed E-state index contributed by atoms with van der Waals surface area (Å²) in [7, 11) is 2.15. The quantitative estimate of drug-likeness (QED) is 0.680. The number of nitrogens with zero attached hydrogens (tertiary/aromatic N) is 2. The second kappa shape index (κ2) is 3.72. The molecule has 0 aliphatic carbocycles. The van der Waals surface area contributed by atoms with E-state index in [4.69, 9.17) is 4.74 Å². The van der Waals surface area contributed by atoms with Crippen LogP contribution in [-0.2, 0) is 4.74 Å². The predicted molar refractivity (Wildman–Crippen MR) is 88.2 cm³/mol. The molecule has 2 atom stereocenters. The smallest absolute Gasteiger partial charge is 0.204 e. The van der Waals surface area contributed by atoms with Crippen molar-refractivity contribution in [2.24, 2.45) is 5.92 Å². The summed E-state index contributed by atoms with van der Waals surface area (Å²) < 4.78 is 10.6. The highest BCUT2D eigenvalue weighted by atomic mass is 16.5. The second-order valence-electron chi connectivity index (χ2n) is 6.73. The third-order valence-electron chi connectivity index (χ3n) is 5.51. The fourth-order valence-corrected chi connectivity index (χ4v) is 4.27. The van der Waals surface area contributed by atoms with E-state index in [1.807, 2.05) is 6.26 Å². The van der Waals surface area contributed by atoms with Gasteiger partial charge in [-0.2, -0.15) is 0 Å². The van der Waals surface area contributed by atoms with Gasteiger partial charge in [-0.05, 0) is 43.5 Å². The summed E-state index contributed by atoms with van der Waals surface area (Å²) in [6.45, 7) is 6.66. The third kappa shape index (κ3) is 1.22. The van der Waals surface area contributed by atoms with Crippen LogP contribution in [0.4, 0.5) is 0 Å². The van der Waals surface area contributed by atoms with Crippen LogP contribution < -0.4 is 0 Å². The van der Waals surface area contributed by atoms with Crippen LogP contribution in [0.1, 0.15) is 22.3 Å². The lowest BCUT2D eigenvalue weighted by atomic mass is 9.82. The summed E-state index contributed by atoms with van der Waals surface area (Å²) in [5.74, 6) is 0.304. The van der Waals surface area contributed by atoms with Crippen LogP contribution in [0.2, 0.25) is 0 Å². The zero-order valence-electron chi connectivity index (χ0n) is 13.3. The van der Waals surface area contributed by atoms with Gasteiger partial charge in [-0.1, -0.05) is 0 Å². The van der Waals surface area contributed by atoms with E-state index in [0.29, 0.717) is 5.92 Å². The normalized spacial score (nSPS) is 24.6. The van der Waals surface area contributed by atoms with Crippen molar-refractivity contribution in [1.82, 2.24) is 4.57 Å². The Balaban J connectivity index is 2.05. The zero-order chi connectivity index (χ0) is 15.2. The highest BCUT2D eigenvalue weighted by Crippen LogP contribution is 2.45. The molecule has 5 rings (SSSR count). The van der Waals surface area contributed by atoms with Crippen LogP contribution in [0.5, 0.6) is 0 Å².